The maximum Gasteiger partial charge on any atom is 1.00 e. The van der Waals surface area contributed by atoms with E-state index in [0.29, 0.717) is 28.5 Å². The van der Waals surface area contributed by atoms with Crippen molar-refractivity contribution in [2.45, 2.75) is 45.0 Å². The molecule has 1 aliphatic carbocycles. The summed E-state index contributed by atoms with van der Waals surface area (Å²) in [5.74, 6) is 0. The van der Waals surface area contributed by atoms with Gasteiger partial charge in [0.1, 0.15) is 0 Å². The number of fused-ring (bicyclic) bond motifs is 2. The Morgan fingerprint density at radius 3 is 1.43 bits per heavy atom. The minimum absolute atomic E-state index is 0. The van der Waals surface area contributed by atoms with Gasteiger partial charge in [-0.1, -0.05) is 48.4 Å². The predicted molar refractivity (Wildman–Crippen MR) is 159 cm³/mol. The molecule has 6 rings (SSSR count). The molecule has 0 radical (unpaired) electrons. The summed E-state index contributed by atoms with van der Waals surface area (Å²) in [6, 6.07) is 16.8. The van der Waals surface area contributed by atoms with E-state index in [-0.39, 0.29) is 42.1 Å². The topological polar surface area (TPSA) is 0 Å². The molecule has 0 saturated carbocycles. The molecule has 0 amide bonds. The number of hydrogen-bond donors (Lipinski definition) is 0. The van der Waals surface area contributed by atoms with Crippen molar-refractivity contribution in [3.05, 3.63) is 129 Å². The van der Waals surface area contributed by atoms with Crippen LogP contribution in [-0.4, -0.2) is 0 Å². The predicted octanol–water partition coefficient (Wildman–Crippen LogP) is 9.93. The van der Waals surface area contributed by atoms with Gasteiger partial charge in [-0.15, -0.1) is 34.5 Å². The molecule has 5 aromatic carbocycles. The van der Waals surface area contributed by atoms with Crippen LogP contribution in [0.2, 0.25) is 0 Å². The van der Waals surface area contributed by atoms with E-state index < -0.39 is 47.0 Å². The number of rotatable bonds is 2. The quantitative estimate of drug-likeness (QED) is 0.0984. The van der Waals surface area contributed by atoms with Crippen LogP contribution in [0.4, 0.5) is 52.7 Å². The van der Waals surface area contributed by atoms with Crippen LogP contribution in [0.5, 0.6) is 0 Å². The maximum absolute atomic E-state index is 13.0. The first-order valence-electron chi connectivity index (χ1n) is 14.2. The summed E-state index contributed by atoms with van der Waals surface area (Å²) < 4.78 is 156. The minimum atomic E-state index is -4.86. The van der Waals surface area contributed by atoms with E-state index in [4.69, 9.17) is 0 Å². The number of aryl methyl sites for hydroxylation is 1. The molecule has 1 aliphatic rings. The third-order valence-corrected chi connectivity index (χ3v) is 7.75. The molecule has 0 fully saturated rings. The van der Waals surface area contributed by atoms with Crippen LogP contribution in [0.1, 0.15) is 45.9 Å². The molecule has 252 valence electrons. The van der Waals surface area contributed by atoms with Crippen LogP contribution < -0.4 is 18.9 Å². The number of halogens is 12. The molecule has 5 aromatic rings. The van der Waals surface area contributed by atoms with Gasteiger partial charge in [-0.05, 0) is 77.6 Å². The van der Waals surface area contributed by atoms with Gasteiger partial charge in [-0.2, -0.15) is 58.8 Å². The summed E-state index contributed by atoms with van der Waals surface area (Å²) >= 11 is 0. The summed E-state index contributed by atoms with van der Waals surface area (Å²) in [6.07, 6.45) is -17.0. The fourth-order valence-electron chi connectivity index (χ4n) is 5.64. The van der Waals surface area contributed by atoms with Crippen molar-refractivity contribution in [1.29, 1.82) is 0 Å². The van der Waals surface area contributed by atoms with Crippen molar-refractivity contribution >= 4 is 16.8 Å². The van der Waals surface area contributed by atoms with Crippen LogP contribution >= 0.6 is 0 Å². The Morgan fingerprint density at radius 1 is 0.531 bits per heavy atom. The van der Waals surface area contributed by atoms with E-state index in [9.17, 15) is 52.7 Å². The van der Waals surface area contributed by atoms with Gasteiger partial charge in [0.05, 0.1) is 22.3 Å². The van der Waals surface area contributed by atoms with Gasteiger partial charge in [0.25, 0.3) is 0 Å². The number of hydrogen-bond acceptors (Lipinski definition) is 0. The first-order chi connectivity index (χ1) is 22.1. The van der Waals surface area contributed by atoms with E-state index in [1.54, 1.807) is 36.4 Å². The van der Waals surface area contributed by atoms with Gasteiger partial charge in [0.2, 0.25) is 0 Å². The SMILES string of the molecule is CC1=Cc2c(cccc2-c2cc(C(F)(F)F)cc(C(F)(F)F)c2)C1.Cc1cc2c(-c3cc(C(F)(F)F)cc(C(F)(F)F)c3)cccc2[cH-]1.[Li+]. The molecule has 0 aliphatic heterocycles. The van der Waals surface area contributed by atoms with E-state index in [2.05, 4.69) is 0 Å². The number of allylic oxidation sites excluding steroid dienone is 1. The summed E-state index contributed by atoms with van der Waals surface area (Å²) in [5, 5.41) is 1.40. The standard InChI is InChI=1S/C18H12F6.C18H11F6.Li/c2*1-10-5-11-3-2-4-15(16(11)6-10)12-7-13(17(19,20)21)9-14(8-12)18(22,23)24;/h2-4,6-9H,5H2,1H3;2-9H,1H3;/q;-1;+1. The van der Waals surface area contributed by atoms with Gasteiger partial charge in [0.15, 0.2) is 0 Å². The van der Waals surface area contributed by atoms with Crippen molar-refractivity contribution in [2.24, 2.45) is 0 Å². The Morgan fingerprint density at radius 2 is 0.959 bits per heavy atom. The molecule has 0 heterocycles. The fourth-order valence-corrected chi connectivity index (χ4v) is 5.64. The van der Waals surface area contributed by atoms with Gasteiger partial charge in [0, 0.05) is 0 Å². The Kier molecular flexibility index (Phi) is 10.3. The molecule has 0 nitrogen and oxygen atoms in total. The maximum atomic E-state index is 13.0. The van der Waals surface area contributed by atoms with E-state index in [1.165, 1.54) is 6.07 Å². The number of alkyl halides is 12. The van der Waals surface area contributed by atoms with Crippen molar-refractivity contribution in [2.75, 3.05) is 0 Å². The second kappa shape index (κ2) is 13.4. The zero-order chi connectivity index (χ0) is 35.4. The summed E-state index contributed by atoms with van der Waals surface area (Å²) in [4.78, 5) is 0. The molecule has 0 N–H and O–H groups in total. The van der Waals surface area contributed by atoms with Crippen LogP contribution in [0, 0.1) is 6.92 Å². The fraction of sp³-hybridized carbons (Fsp3) is 0.194. The number of benzene rings is 4. The Hall–Kier alpha value is -4.01. The van der Waals surface area contributed by atoms with Crippen molar-refractivity contribution in [1.82, 2.24) is 0 Å². The normalized spacial score (nSPS) is 13.4. The van der Waals surface area contributed by atoms with Gasteiger partial charge < -0.3 is 0 Å². The third kappa shape index (κ3) is 8.42. The minimum Gasteiger partial charge on any atom is -0.166 e. The first kappa shape index (κ1) is 37.8. The Balaban J connectivity index is 0.000000216. The van der Waals surface area contributed by atoms with E-state index >= 15 is 0 Å². The Bertz CT molecular complexity index is 1960. The first-order valence-corrected chi connectivity index (χ1v) is 14.2. The molecule has 13 heteroatoms. The zero-order valence-electron chi connectivity index (χ0n) is 25.9. The van der Waals surface area contributed by atoms with Crippen molar-refractivity contribution in [3.63, 3.8) is 0 Å². The van der Waals surface area contributed by atoms with Gasteiger partial charge in [-0.25, -0.2) is 0 Å². The zero-order valence-corrected chi connectivity index (χ0v) is 25.9. The van der Waals surface area contributed by atoms with Crippen molar-refractivity contribution in [3.8, 4) is 22.3 Å². The Labute approximate surface area is 284 Å². The van der Waals surface area contributed by atoms with E-state index in [0.717, 1.165) is 46.4 Å². The molecular weight excluding hydrogens is 667 g/mol. The average molecular weight is 690 g/mol. The average Bonchev–Trinajstić information content (AvgIpc) is 3.55. The van der Waals surface area contributed by atoms with E-state index in [1.807, 2.05) is 26.0 Å². The molecule has 49 heavy (non-hydrogen) atoms. The molecule has 0 spiro atoms. The third-order valence-electron chi connectivity index (χ3n) is 7.75. The summed E-state index contributed by atoms with van der Waals surface area (Å²) in [5.41, 5.74) is -1.21. The largest absolute Gasteiger partial charge is 1.00 e. The van der Waals surface area contributed by atoms with Gasteiger partial charge in [-0.3, -0.25) is 0 Å². The second-order valence-electron chi connectivity index (χ2n) is 11.5. The van der Waals surface area contributed by atoms with Crippen LogP contribution in [-0.2, 0) is 31.1 Å². The molecule has 0 atom stereocenters. The van der Waals surface area contributed by atoms with Crippen molar-refractivity contribution < 1.29 is 71.5 Å². The van der Waals surface area contributed by atoms with Crippen LogP contribution in [0.15, 0.2) is 90.5 Å². The molecule has 0 saturated heterocycles. The smallest absolute Gasteiger partial charge is 0.166 e. The molecular formula is C36H23F12Li. The summed E-state index contributed by atoms with van der Waals surface area (Å²) in [6.45, 7) is 3.69. The molecule has 0 unspecified atom stereocenters. The van der Waals surface area contributed by atoms with Gasteiger partial charge >= 0.3 is 43.6 Å². The molecule has 0 aromatic heterocycles. The van der Waals surface area contributed by atoms with Crippen LogP contribution in [0.3, 0.4) is 0 Å². The van der Waals surface area contributed by atoms with Crippen LogP contribution in [0.25, 0.3) is 39.1 Å². The summed E-state index contributed by atoms with van der Waals surface area (Å²) in [7, 11) is 0. The monoisotopic (exact) mass is 690 g/mol. The molecule has 0 bridgehead atoms. The second-order valence-corrected chi connectivity index (χ2v) is 11.5.